The Morgan fingerprint density at radius 2 is 1.50 bits per heavy atom. The van der Waals surface area contributed by atoms with Crippen molar-refractivity contribution in [1.82, 2.24) is 0 Å². The molecule has 0 saturated heterocycles. The van der Waals surface area contributed by atoms with Crippen LogP contribution in [0.1, 0.15) is 76.0 Å². The first-order valence-corrected chi connectivity index (χ1v) is 10.5. The highest BCUT2D eigenvalue weighted by atomic mass is 16.1. The number of hydrogen-bond donors (Lipinski definition) is 0. The highest BCUT2D eigenvalue weighted by Crippen LogP contribution is 2.52. The lowest BCUT2D eigenvalue weighted by Gasteiger charge is -2.39. The van der Waals surface area contributed by atoms with Gasteiger partial charge < -0.3 is 0 Å². The van der Waals surface area contributed by atoms with E-state index in [-0.39, 0.29) is 11.3 Å². The minimum atomic E-state index is 0.135. The first-order chi connectivity index (χ1) is 12.3. The van der Waals surface area contributed by atoms with E-state index in [0.717, 1.165) is 23.7 Å². The summed E-state index contributed by atoms with van der Waals surface area (Å²) in [5.74, 6) is 2.44. The van der Waals surface area contributed by atoms with Gasteiger partial charge in [0.05, 0.1) is 11.4 Å². The molecule has 1 aromatic carbocycles. The van der Waals surface area contributed by atoms with Gasteiger partial charge in [0.1, 0.15) is 0 Å². The number of carbonyl (C=O) groups is 1. The molecular formula is C24H33NO. The minimum Gasteiger partial charge on any atom is -0.292 e. The summed E-state index contributed by atoms with van der Waals surface area (Å²) in [7, 11) is 0. The molecule has 3 fully saturated rings. The van der Waals surface area contributed by atoms with Crippen LogP contribution in [0.5, 0.6) is 0 Å². The maximum Gasteiger partial charge on any atom is 0.180 e. The molecule has 4 atom stereocenters. The molecule has 2 nitrogen and oxygen atoms in total. The minimum absolute atomic E-state index is 0.135. The van der Waals surface area contributed by atoms with E-state index in [1.165, 1.54) is 48.8 Å². The van der Waals surface area contributed by atoms with Gasteiger partial charge in [0.25, 0.3) is 0 Å². The molecule has 0 aliphatic heterocycles. The summed E-state index contributed by atoms with van der Waals surface area (Å²) < 4.78 is 0. The van der Waals surface area contributed by atoms with Crippen LogP contribution in [0.3, 0.4) is 0 Å². The number of benzene rings is 1. The molecule has 4 rings (SSSR count). The van der Waals surface area contributed by atoms with Crippen molar-refractivity contribution in [2.75, 3.05) is 0 Å². The van der Waals surface area contributed by atoms with Crippen LogP contribution in [-0.2, 0) is 10.2 Å². The van der Waals surface area contributed by atoms with E-state index in [0.29, 0.717) is 17.6 Å². The van der Waals surface area contributed by atoms with Crippen molar-refractivity contribution in [3.05, 3.63) is 28.8 Å². The summed E-state index contributed by atoms with van der Waals surface area (Å²) in [5, 5.41) is 0. The van der Waals surface area contributed by atoms with E-state index in [1.807, 2.05) is 0 Å². The fraction of sp³-hybridized carbons (Fsp3) is 0.667. The Morgan fingerprint density at radius 1 is 0.923 bits per heavy atom. The van der Waals surface area contributed by atoms with Gasteiger partial charge in [0.2, 0.25) is 0 Å². The third kappa shape index (κ3) is 2.86. The molecule has 2 heteroatoms. The molecular weight excluding hydrogens is 318 g/mol. The Kier molecular flexibility index (Phi) is 4.36. The van der Waals surface area contributed by atoms with E-state index < -0.39 is 0 Å². The van der Waals surface area contributed by atoms with Crippen LogP contribution in [0, 0.1) is 37.5 Å². The maximum atomic E-state index is 13.2. The van der Waals surface area contributed by atoms with Crippen LogP contribution in [0.2, 0.25) is 0 Å². The highest BCUT2D eigenvalue weighted by Gasteiger charge is 2.52. The SMILES string of the molecule is Cc1cc(C(C)(C)C)cc(C)c1N=C1C(=O)C2CCCC3CCCC1C32. The molecule has 1 aromatic rings. The van der Waals surface area contributed by atoms with Crippen LogP contribution in [0.15, 0.2) is 17.1 Å². The summed E-state index contributed by atoms with van der Waals surface area (Å²) in [6.45, 7) is 11.1. The molecule has 4 unspecified atom stereocenters. The molecule has 3 saturated carbocycles. The van der Waals surface area contributed by atoms with Crippen molar-refractivity contribution < 1.29 is 4.79 Å². The quantitative estimate of drug-likeness (QED) is 0.602. The normalized spacial score (nSPS) is 32.8. The number of aryl methyl sites for hydroxylation is 2. The first-order valence-electron chi connectivity index (χ1n) is 10.5. The molecule has 0 radical (unpaired) electrons. The van der Waals surface area contributed by atoms with E-state index in [2.05, 4.69) is 46.8 Å². The van der Waals surface area contributed by atoms with Crippen molar-refractivity contribution >= 4 is 17.2 Å². The van der Waals surface area contributed by atoms with Gasteiger partial charge in [-0.2, -0.15) is 0 Å². The zero-order valence-electron chi connectivity index (χ0n) is 17.1. The molecule has 0 aromatic heterocycles. The lowest BCUT2D eigenvalue weighted by Crippen LogP contribution is -2.33. The monoisotopic (exact) mass is 351 g/mol. The Hall–Kier alpha value is -1.44. The topological polar surface area (TPSA) is 29.4 Å². The van der Waals surface area contributed by atoms with Gasteiger partial charge in [0.15, 0.2) is 5.78 Å². The van der Waals surface area contributed by atoms with Crippen molar-refractivity contribution in [2.24, 2.45) is 28.7 Å². The number of aliphatic imine (C=N–C) groups is 1. The number of rotatable bonds is 1. The zero-order chi connectivity index (χ0) is 18.6. The summed E-state index contributed by atoms with van der Waals surface area (Å²) in [4.78, 5) is 18.3. The molecule has 3 aliphatic carbocycles. The van der Waals surface area contributed by atoms with Crippen LogP contribution in [0.4, 0.5) is 5.69 Å². The van der Waals surface area contributed by atoms with Gasteiger partial charge in [-0.1, -0.05) is 58.6 Å². The second-order valence-electron chi connectivity index (χ2n) is 9.98. The van der Waals surface area contributed by atoms with Gasteiger partial charge in [-0.05, 0) is 60.6 Å². The third-order valence-corrected chi connectivity index (χ3v) is 7.18. The third-order valence-electron chi connectivity index (χ3n) is 7.18. The van der Waals surface area contributed by atoms with Crippen LogP contribution >= 0.6 is 0 Å². The molecule has 0 bridgehead atoms. The fourth-order valence-electron chi connectivity index (χ4n) is 5.87. The Labute approximate surface area is 158 Å². The van der Waals surface area contributed by atoms with E-state index >= 15 is 0 Å². The molecule has 26 heavy (non-hydrogen) atoms. The molecule has 0 amide bonds. The number of hydrogen-bond acceptors (Lipinski definition) is 2. The first kappa shape index (κ1) is 17.9. The van der Waals surface area contributed by atoms with Crippen molar-refractivity contribution in [3.63, 3.8) is 0 Å². The summed E-state index contributed by atoms with van der Waals surface area (Å²) in [6.07, 6.45) is 7.42. The largest absolute Gasteiger partial charge is 0.292 e. The van der Waals surface area contributed by atoms with Gasteiger partial charge in [-0.25, -0.2) is 4.99 Å². The average molecular weight is 352 g/mol. The van der Waals surface area contributed by atoms with Crippen LogP contribution in [0.25, 0.3) is 0 Å². The Balaban J connectivity index is 1.75. The summed E-state index contributed by atoms with van der Waals surface area (Å²) in [6, 6.07) is 4.53. The van der Waals surface area contributed by atoms with Crippen molar-refractivity contribution in [1.29, 1.82) is 0 Å². The van der Waals surface area contributed by atoms with Gasteiger partial charge in [-0.15, -0.1) is 0 Å². The number of Topliss-reactive ketones (excluding diaryl/α,β-unsaturated/α-hetero) is 1. The standard InChI is InChI=1S/C24H33NO/c1-14-12-17(24(3,4)5)13-15(2)21(14)25-22-18-10-6-8-16-9-7-11-19(20(16)18)23(22)26/h12-13,16,18-20H,6-11H2,1-5H3. The summed E-state index contributed by atoms with van der Waals surface area (Å²) in [5.41, 5.74) is 5.86. The van der Waals surface area contributed by atoms with Gasteiger partial charge >= 0.3 is 0 Å². The number of nitrogens with zero attached hydrogens (tertiary/aromatic N) is 1. The number of carbonyl (C=O) groups excluding carboxylic acids is 1. The van der Waals surface area contributed by atoms with Gasteiger partial charge in [-0.3, -0.25) is 4.79 Å². The van der Waals surface area contributed by atoms with Crippen molar-refractivity contribution in [3.8, 4) is 0 Å². The second-order valence-corrected chi connectivity index (χ2v) is 9.98. The van der Waals surface area contributed by atoms with E-state index in [9.17, 15) is 4.79 Å². The molecule has 0 heterocycles. The summed E-state index contributed by atoms with van der Waals surface area (Å²) >= 11 is 0. The lowest BCUT2D eigenvalue weighted by molar-refractivity contribution is -0.118. The lowest BCUT2D eigenvalue weighted by atomic mass is 9.65. The second kappa shape index (κ2) is 6.32. The molecule has 0 spiro atoms. The number of ketones is 1. The zero-order valence-corrected chi connectivity index (χ0v) is 17.1. The maximum absolute atomic E-state index is 13.2. The van der Waals surface area contributed by atoms with E-state index in [4.69, 9.17) is 4.99 Å². The Morgan fingerprint density at radius 3 is 2.08 bits per heavy atom. The Bertz CT molecular complexity index is 742. The van der Waals surface area contributed by atoms with Crippen LogP contribution in [-0.4, -0.2) is 11.5 Å². The smallest absolute Gasteiger partial charge is 0.180 e. The van der Waals surface area contributed by atoms with Crippen LogP contribution < -0.4 is 0 Å². The predicted octanol–water partition coefficient (Wildman–Crippen LogP) is 6.09. The molecule has 140 valence electrons. The molecule has 0 N–H and O–H groups in total. The van der Waals surface area contributed by atoms with E-state index in [1.54, 1.807) is 0 Å². The highest BCUT2D eigenvalue weighted by molar-refractivity contribution is 6.44. The van der Waals surface area contributed by atoms with Crippen molar-refractivity contribution in [2.45, 2.75) is 78.6 Å². The molecule has 3 aliphatic rings. The van der Waals surface area contributed by atoms with Gasteiger partial charge in [0, 0.05) is 11.8 Å². The predicted molar refractivity (Wildman–Crippen MR) is 108 cm³/mol. The average Bonchev–Trinajstić information content (AvgIpc) is 2.85. The fourth-order valence-corrected chi connectivity index (χ4v) is 5.87.